The van der Waals surface area contributed by atoms with Crippen molar-refractivity contribution in [1.29, 1.82) is 0 Å². The molecule has 0 N–H and O–H groups in total. The number of alkyl halides is 1. The van der Waals surface area contributed by atoms with Crippen LogP contribution in [0.25, 0.3) is 0 Å². The number of esters is 1. The van der Waals surface area contributed by atoms with Crippen LogP contribution in [0.2, 0.25) is 0 Å². The Morgan fingerprint density at radius 1 is 1.46 bits per heavy atom. The molecule has 0 saturated carbocycles. The second-order valence-corrected chi connectivity index (χ2v) is 3.80. The van der Waals surface area contributed by atoms with Crippen molar-refractivity contribution in [3.8, 4) is 0 Å². The van der Waals surface area contributed by atoms with Gasteiger partial charge in [0.25, 0.3) is 0 Å². The zero-order valence-electron chi connectivity index (χ0n) is 8.01. The van der Waals surface area contributed by atoms with Gasteiger partial charge in [0.15, 0.2) is 0 Å². The molecule has 1 unspecified atom stereocenters. The first-order valence-corrected chi connectivity index (χ1v) is 5.43. The smallest absolute Gasteiger partial charge is 0.313 e. The van der Waals surface area contributed by atoms with E-state index in [1.54, 1.807) is 0 Å². The fraction of sp³-hybridized carbons (Fsp3) is 0.778. The summed E-state index contributed by atoms with van der Waals surface area (Å²) in [6, 6.07) is 0. The Morgan fingerprint density at radius 2 is 2.08 bits per heavy atom. The summed E-state index contributed by atoms with van der Waals surface area (Å²) in [5.74, 6) is -0.577. The van der Waals surface area contributed by atoms with Crippen molar-refractivity contribution in [1.82, 2.24) is 0 Å². The molecule has 0 amide bonds. The van der Waals surface area contributed by atoms with Crippen molar-refractivity contribution < 1.29 is 14.3 Å². The third-order valence-electron chi connectivity index (χ3n) is 1.47. The minimum absolute atomic E-state index is 0.0931. The predicted octanol–water partition coefficient (Wildman–Crippen LogP) is 2.07. The average Bonchev–Trinajstić information content (AvgIpc) is 1.98. The maximum Gasteiger partial charge on any atom is 0.313 e. The lowest BCUT2D eigenvalue weighted by Gasteiger charge is -2.11. The molecule has 0 saturated heterocycles. The highest BCUT2D eigenvalue weighted by Crippen LogP contribution is 2.04. The molecular formula is C9H15BrO3. The maximum absolute atomic E-state index is 11.0. The first kappa shape index (κ1) is 12.6. The molecule has 3 nitrogen and oxygen atoms in total. The lowest BCUT2D eigenvalue weighted by atomic mass is 10.2. The molecular weight excluding hydrogens is 236 g/mol. The second kappa shape index (κ2) is 7.06. The SMILES string of the molecule is CC(=O)CC(=O)OC(C)CCCBr. The largest absolute Gasteiger partial charge is 0.462 e. The van der Waals surface area contributed by atoms with Crippen LogP contribution in [-0.2, 0) is 14.3 Å². The number of Topliss-reactive ketones (excluding diaryl/α,β-unsaturated/α-hetero) is 1. The zero-order chi connectivity index (χ0) is 10.3. The molecule has 0 aromatic heterocycles. The molecule has 1 atom stereocenters. The highest BCUT2D eigenvalue weighted by molar-refractivity contribution is 9.09. The number of rotatable bonds is 6. The van der Waals surface area contributed by atoms with E-state index in [1.165, 1.54) is 6.92 Å². The summed E-state index contributed by atoms with van der Waals surface area (Å²) in [5, 5.41) is 0.904. The molecule has 4 heteroatoms. The van der Waals surface area contributed by atoms with E-state index in [-0.39, 0.29) is 18.3 Å². The predicted molar refractivity (Wildman–Crippen MR) is 53.9 cm³/mol. The van der Waals surface area contributed by atoms with E-state index in [2.05, 4.69) is 15.9 Å². The molecule has 0 aromatic rings. The van der Waals surface area contributed by atoms with Crippen LogP contribution in [-0.4, -0.2) is 23.2 Å². The Balaban J connectivity index is 3.59. The van der Waals surface area contributed by atoms with Gasteiger partial charge >= 0.3 is 5.97 Å². The van der Waals surface area contributed by atoms with Crippen molar-refractivity contribution in [3.63, 3.8) is 0 Å². The van der Waals surface area contributed by atoms with Gasteiger partial charge < -0.3 is 4.74 Å². The Morgan fingerprint density at radius 3 is 2.54 bits per heavy atom. The molecule has 0 rings (SSSR count). The summed E-state index contributed by atoms with van der Waals surface area (Å²) >= 11 is 3.29. The molecule has 0 aliphatic heterocycles. The number of halogens is 1. The van der Waals surface area contributed by atoms with Crippen LogP contribution in [0.5, 0.6) is 0 Å². The molecule has 0 heterocycles. The van der Waals surface area contributed by atoms with Crippen LogP contribution in [0.3, 0.4) is 0 Å². The second-order valence-electron chi connectivity index (χ2n) is 3.01. The summed E-state index contributed by atoms with van der Waals surface area (Å²) in [6.45, 7) is 3.21. The number of hydrogen-bond acceptors (Lipinski definition) is 3. The highest BCUT2D eigenvalue weighted by atomic mass is 79.9. The minimum atomic E-state index is -0.422. The summed E-state index contributed by atoms with van der Waals surface area (Å²) in [7, 11) is 0. The highest BCUT2D eigenvalue weighted by Gasteiger charge is 2.10. The molecule has 0 fully saturated rings. The topological polar surface area (TPSA) is 43.4 Å². The van der Waals surface area contributed by atoms with Crippen molar-refractivity contribution >= 4 is 27.7 Å². The van der Waals surface area contributed by atoms with Gasteiger partial charge in [0.05, 0.1) is 6.10 Å². The lowest BCUT2D eigenvalue weighted by Crippen LogP contribution is -2.16. The number of ketones is 1. The third kappa shape index (κ3) is 7.96. The van der Waals surface area contributed by atoms with E-state index in [4.69, 9.17) is 4.74 Å². The van der Waals surface area contributed by atoms with Gasteiger partial charge in [-0.15, -0.1) is 0 Å². The minimum Gasteiger partial charge on any atom is -0.462 e. The molecule has 0 bridgehead atoms. The van der Waals surface area contributed by atoms with Crippen LogP contribution in [0.15, 0.2) is 0 Å². The zero-order valence-corrected chi connectivity index (χ0v) is 9.59. The van der Waals surface area contributed by atoms with Gasteiger partial charge in [0, 0.05) is 5.33 Å². The van der Waals surface area contributed by atoms with Crippen LogP contribution in [0, 0.1) is 0 Å². The van der Waals surface area contributed by atoms with Crippen molar-refractivity contribution in [2.45, 2.75) is 39.2 Å². The number of carbonyl (C=O) groups is 2. The number of hydrogen-bond donors (Lipinski definition) is 0. The van der Waals surface area contributed by atoms with E-state index in [0.717, 1.165) is 18.2 Å². The fourth-order valence-corrected chi connectivity index (χ4v) is 1.22. The lowest BCUT2D eigenvalue weighted by molar-refractivity contribution is -0.150. The van der Waals surface area contributed by atoms with Gasteiger partial charge in [-0.25, -0.2) is 0 Å². The van der Waals surface area contributed by atoms with Crippen LogP contribution in [0.4, 0.5) is 0 Å². The Kier molecular flexibility index (Phi) is 6.86. The number of carbonyl (C=O) groups excluding carboxylic acids is 2. The van der Waals surface area contributed by atoms with E-state index >= 15 is 0 Å². The van der Waals surface area contributed by atoms with Gasteiger partial charge in [0.2, 0.25) is 0 Å². The van der Waals surface area contributed by atoms with Gasteiger partial charge in [-0.05, 0) is 26.7 Å². The molecule has 0 aliphatic carbocycles. The van der Waals surface area contributed by atoms with E-state index in [1.807, 2.05) is 6.92 Å². The first-order chi connectivity index (χ1) is 6.06. The Hall–Kier alpha value is -0.380. The van der Waals surface area contributed by atoms with Crippen LogP contribution in [0.1, 0.15) is 33.1 Å². The van der Waals surface area contributed by atoms with Crippen molar-refractivity contribution in [2.24, 2.45) is 0 Å². The summed E-state index contributed by atoms with van der Waals surface area (Å²) in [4.78, 5) is 21.5. The van der Waals surface area contributed by atoms with Gasteiger partial charge in [-0.1, -0.05) is 15.9 Å². The van der Waals surface area contributed by atoms with E-state index in [0.29, 0.717) is 0 Å². The van der Waals surface area contributed by atoms with E-state index in [9.17, 15) is 9.59 Å². The Bertz CT molecular complexity index is 180. The summed E-state index contributed by atoms with van der Waals surface area (Å²) in [6.07, 6.45) is 1.59. The van der Waals surface area contributed by atoms with Crippen molar-refractivity contribution in [3.05, 3.63) is 0 Å². The van der Waals surface area contributed by atoms with Gasteiger partial charge in [0.1, 0.15) is 12.2 Å². The van der Waals surface area contributed by atoms with Crippen LogP contribution >= 0.6 is 15.9 Å². The molecule has 13 heavy (non-hydrogen) atoms. The quantitative estimate of drug-likeness (QED) is 0.412. The Labute approximate surface area is 87.0 Å². The summed E-state index contributed by atoms with van der Waals surface area (Å²) in [5.41, 5.74) is 0. The fourth-order valence-electron chi connectivity index (χ4n) is 0.893. The molecule has 0 aromatic carbocycles. The van der Waals surface area contributed by atoms with Crippen molar-refractivity contribution in [2.75, 3.05) is 5.33 Å². The third-order valence-corrected chi connectivity index (χ3v) is 2.03. The monoisotopic (exact) mass is 250 g/mol. The number of ether oxygens (including phenoxy) is 1. The summed E-state index contributed by atoms with van der Waals surface area (Å²) < 4.78 is 4.98. The van der Waals surface area contributed by atoms with Crippen LogP contribution < -0.4 is 0 Å². The molecule has 0 spiro atoms. The average molecular weight is 251 g/mol. The normalized spacial score (nSPS) is 12.2. The molecule has 76 valence electrons. The van der Waals surface area contributed by atoms with Gasteiger partial charge in [-0.3, -0.25) is 9.59 Å². The molecule has 0 radical (unpaired) electrons. The standard InChI is InChI=1S/C9H15BrO3/c1-7(11)6-9(12)13-8(2)4-3-5-10/h8H,3-6H2,1-2H3. The molecule has 0 aliphatic rings. The van der Waals surface area contributed by atoms with Gasteiger partial charge in [-0.2, -0.15) is 0 Å². The first-order valence-electron chi connectivity index (χ1n) is 4.31. The van der Waals surface area contributed by atoms with E-state index < -0.39 is 5.97 Å². The maximum atomic E-state index is 11.0.